The molecule has 1 aromatic rings. The van der Waals surface area contributed by atoms with Gasteiger partial charge in [0, 0.05) is 18.8 Å². The molecule has 0 amide bonds. The van der Waals surface area contributed by atoms with Gasteiger partial charge < -0.3 is 10.4 Å². The van der Waals surface area contributed by atoms with E-state index in [0.29, 0.717) is 11.5 Å². The lowest BCUT2D eigenvalue weighted by Gasteiger charge is -2.09. The molecule has 0 spiro atoms. The average molecular weight is 218 g/mol. The lowest BCUT2D eigenvalue weighted by Crippen LogP contribution is -2.06. The molecule has 1 rings (SSSR count). The van der Waals surface area contributed by atoms with Gasteiger partial charge in [0.15, 0.2) is 0 Å². The van der Waals surface area contributed by atoms with Gasteiger partial charge >= 0.3 is 0 Å². The highest BCUT2D eigenvalue weighted by molar-refractivity contribution is 5.46. The van der Waals surface area contributed by atoms with Crippen LogP contribution < -0.4 is 5.32 Å². The number of hydrogen-bond acceptors (Lipinski definition) is 3. The number of anilines is 1. The second-order valence-corrected chi connectivity index (χ2v) is 4.05. The highest BCUT2D eigenvalue weighted by Gasteiger charge is 1.99. The molecule has 0 fully saturated rings. The van der Waals surface area contributed by atoms with Crippen LogP contribution in [0.15, 0.2) is 24.3 Å². The number of nitrogens with one attached hydrogen (secondary N) is 1. The summed E-state index contributed by atoms with van der Waals surface area (Å²) in [5.74, 6) is 0.378. The maximum absolute atomic E-state index is 8.86. The van der Waals surface area contributed by atoms with Crippen molar-refractivity contribution >= 4 is 5.69 Å². The number of nitrogens with zero attached hydrogens (tertiary/aromatic N) is 1. The van der Waals surface area contributed by atoms with Crippen molar-refractivity contribution in [2.75, 3.05) is 18.5 Å². The van der Waals surface area contributed by atoms with Gasteiger partial charge in [0.1, 0.15) is 0 Å². The summed E-state index contributed by atoms with van der Waals surface area (Å²) in [6.07, 6.45) is 2.07. The number of aliphatic hydroxyl groups excluding tert-OH is 1. The molecule has 0 aliphatic heterocycles. The van der Waals surface area contributed by atoms with Crippen LogP contribution >= 0.6 is 0 Å². The lowest BCUT2D eigenvalue weighted by atomic mass is 10.1. The van der Waals surface area contributed by atoms with Crippen LogP contribution in [0.3, 0.4) is 0 Å². The van der Waals surface area contributed by atoms with Crippen LogP contribution in [0.2, 0.25) is 0 Å². The Morgan fingerprint density at radius 3 is 2.62 bits per heavy atom. The van der Waals surface area contributed by atoms with E-state index in [4.69, 9.17) is 10.4 Å². The Morgan fingerprint density at radius 1 is 1.38 bits per heavy atom. The van der Waals surface area contributed by atoms with Crippen molar-refractivity contribution < 1.29 is 5.11 Å². The molecule has 3 nitrogen and oxygen atoms in total. The molecule has 3 heteroatoms. The van der Waals surface area contributed by atoms with Gasteiger partial charge in [0.25, 0.3) is 0 Å². The number of benzene rings is 1. The number of aliphatic hydroxyl groups is 1. The fourth-order valence-corrected chi connectivity index (χ4v) is 1.44. The molecule has 1 atom stereocenters. The third-order valence-electron chi connectivity index (χ3n) is 2.53. The minimum Gasteiger partial charge on any atom is -0.396 e. The predicted octanol–water partition coefficient (Wildman–Crippen LogP) is 2.38. The van der Waals surface area contributed by atoms with Crippen LogP contribution in [-0.2, 0) is 0 Å². The first-order chi connectivity index (χ1) is 7.76. The molecule has 0 aliphatic rings. The zero-order chi connectivity index (χ0) is 11.8. The summed E-state index contributed by atoms with van der Waals surface area (Å²) in [6.45, 7) is 3.20. The van der Waals surface area contributed by atoms with Gasteiger partial charge in [0.05, 0.1) is 11.6 Å². The highest BCUT2D eigenvalue weighted by Crippen LogP contribution is 2.10. The van der Waals surface area contributed by atoms with Crippen molar-refractivity contribution in [2.24, 2.45) is 5.92 Å². The van der Waals surface area contributed by atoms with E-state index in [1.807, 2.05) is 19.1 Å². The number of hydrogen-bond donors (Lipinski definition) is 2. The van der Waals surface area contributed by atoms with Gasteiger partial charge in [-0.05, 0) is 43.0 Å². The maximum atomic E-state index is 8.86. The average Bonchev–Trinajstić information content (AvgIpc) is 2.35. The summed E-state index contributed by atoms with van der Waals surface area (Å²) < 4.78 is 0. The van der Waals surface area contributed by atoms with E-state index < -0.39 is 0 Å². The second kappa shape index (κ2) is 6.86. The summed E-state index contributed by atoms with van der Waals surface area (Å²) in [5.41, 5.74) is 1.72. The highest BCUT2D eigenvalue weighted by atomic mass is 16.3. The Labute approximate surface area is 96.7 Å². The first-order valence-electron chi connectivity index (χ1n) is 5.61. The molecule has 0 aromatic heterocycles. The third kappa shape index (κ3) is 4.33. The van der Waals surface area contributed by atoms with Crippen LogP contribution in [0.4, 0.5) is 5.69 Å². The second-order valence-electron chi connectivity index (χ2n) is 4.05. The van der Waals surface area contributed by atoms with E-state index in [9.17, 15) is 0 Å². The quantitative estimate of drug-likeness (QED) is 0.721. The zero-order valence-electron chi connectivity index (χ0n) is 9.61. The Balaban J connectivity index is 2.25. The monoisotopic (exact) mass is 218 g/mol. The Kier molecular flexibility index (Phi) is 5.38. The summed E-state index contributed by atoms with van der Waals surface area (Å²) >= 11 is 0. The molecule has 1 aromatic carbocycles. The van der Waals surface area contributed by atoms with E-state index in [1.54, 1.807) is 12.1 Å². The fraction of sp³-hybridized carbons (Fsp3) is 0.462. The standard InChI is InChI=1S/C13H18N2O/c1-11(10-16)3-2-8-15-13-6-4-12(9-14)5-7-13/h4-7,11,15-16H,2-3,8,10H2,1H3. The topological polar surface area (TPSA) is 56.0 Å². The summed E-state index contributed by atoms with van der Waals surface area (Å²) in [5, 5.41) is 20.8. The molecular formula is C13H18N2O. The van der Waals surface area contributed by atoms with E-state index in [0.717, 1.165) is 25.1 Å². The van der Waals surface area contributed by atoms with Crippen molar-refractivity contribution in [1.29, 1.82) is 5.26 Å². The van der Waals surface area contributed by atoms with Gasteiger partial charge in [-0.3, -0.25) is 0 Å². The van der Waals surface area contributed by atoms with E-state index >= 15 is 0 Å². The summed E-state index contributed by atoms with van der Waals surface area (Å²) in [4.78, 5) is 0. The van der Waals surface area contributed by atoms with E-state index in [2.05, 4.69) is 11.4 Å². The number of rotatable bonds is 6. The summed E-state index contributed by atoms with van der Waals surface area (Å²) in [6, 6.07) is 9.52. The largest absolute Gasteiger partial charge is 0.396 e. The smallest absolute Gasteiger partial charge is 0.0991 e. The first kappa shape index (κ1) is 12.5. The van der Waals surface area contributed by atoms with Crippen LogP contribution in [0.1, 0.15) is 25.3 Å². The molecular weight excluding hydrogens is 200 g/mol. The molecule has 0 saturated heterocycles. The van der Waals surface area contributed by atoms with Crippen molar-refractivity contribution in [3.63, 3.8) is 0 Å². The van der Waals surface area contributed by atoms with E-state index in [-0.39, 0.29) is 6.61 Å². The van der Waals surface area contributed by atoms with Crippen LogP contribution in [0.25, 0.3) is 0 Å². The molecule has 86 valence electrons. The normalized spacial score (nSPS) is 11.8. The predicted molar refractivity (Wildman–Crippen MR) is 65.1 cm³/mol. The van der Waals surface area contributed by atoms with Crippen molar-refractivity contribution in [3.05, 3.63) is 29.8 Å². The molecule has 0 heterocycles. The number of nitriles is 1. The minimum atomic E-state index is 0.261. The first-order valence-corrected chi connectivity index (χ1v) is 5.61. The lowest BCUT2D eigenvalue weighted by molar-refractivity contribution is 0.229. The third-order valence-corrected chi connectivity index (χ3v) is 2.53. The van der Waals surface area contributed by atoms with Crippen molar-refractivity contribution in [3.8, 4) is 6.07 Å². The Bertz CT molecular complexity index is 340. The molecule has 0 bridgehead atoms. The van der Waals surface area contributed by atoms with Crippen LogP contribution in [-0.4, -0.2) is 18.3 Å². The van der Waals surface area contributed by atoms with Gasteiger partial charge in [-0.1, -0.05) is 6.92 Å². The molecule has 2 N–H and O–H groups in total. The van der Waals surface area contributed by atoms with Gasteiger partial charge in [0.2, 0.25) is 0 Å². The van der Waals surface area contributed by atoms with E-state index in [1.165, 1.54) is 0 Å². The van der Waals surface area contributed by atoms with Crippen LogP contribution in [0.5, 0.6) is 0 Å². The summed E-state index contributed by atoms with van der Waals surface area (Å²) in [7, 11) is 0. The van der Waals surface area contributed by atoms with Gasteiger partial charge in [-0.25, -0.2) is 0 Å². The molecule has 0 saturated carbocycles. The van der Waals surface area contributed by atoms with Crippen LogP contribution in [0, 0.1) is 17.2 Å². The molecule has 0 aliphatic carbocycles. The van der Waals surface area contributed by atoms with Crippen molar-refractivity contribution in [1.82, 2.24) is 0 Å². The molecule has 16 heavy (non-hydrogen) atoms. The van der Waals surface area contributed by atoms with Gasteiger partial charge in [-0.2, -0.15) is 5.26 Å². The minimum absolute atomic E-state index is 0.261. The Morgan fingerprint density at radius 2 is 2.06 bits per heavy atom. The SMILES string of the molecule is CC(CO)CCCNc1ccc(C#N)cc1. The van der Waals surface area contributed by atoms with Gasteiger partial charge in [-0.15, -0.1) is 0 Å². The maximum Gasteiger partial charge on any atom is 0.0991 e. The van der Waals surface area contributed by atoms with Crippen molar-refractivity contribution in [2.45, 2.75) is 19.8 Å². The Hall–Kier alpha value is -1.53. The molecule has 1 unspecified atom stereocenters. The molecule has 0 radical (unpaired) electrons. The fourth-order valence-electron chi connectivity index (χ4n) is 1.44. The zero-order valence-corrected chi connectivity index (χ0v) is 9.61.